The molecule has 1 aromatic heterocycles. The number of benzene rings is 1. The van der Waals surface area contributed by atoms with Gasteiger partial charge in [-0.15, -0.1) is 10.2 Å². The molecule has 0 fully saturated rings. The summed E-state index contributed by atoms with van der Waals surface area (Å²) in [6.45, 7) is 3.94. The predicted octanol–water partition coefficient (Wildman–Crippen LogP) is 1.82. The Labute approximate surface area is 151 Å². The van der Waals surface area contributed by atoms with Crippen LogP contribution in [-0.4, -0.2) is 44.3 Å². The number of aromatic nitrogens is 3. The number of nitrogens with zero attached hydrogens (tertiary/aromatic N) is 4. The topological polar surface area (TPSA) is 120 Å². The van der Waals surface area contributed by atoms with Gasteiger partial charge in [0, 0.05) is 0 Å². The van der Waals surface area contributed by atoms with Gasteiger partial charge < -0.3 is 0 Å². The minimum Gasteiger partial charge on any atom is -0.286 e. The molecular formula is C17H24N6O3. The number of hydrogen-bond acceptors (Lipinski definition) is 7. The first-order valence-electron chi connectivity index (χ1n) is 8.61. The van der Waals surface area contributed by atoms with Crippen LogP contribution in [0.15, 0.2) is 18.2 Å². The van der Waals surface area contributed by atoms with E-state index in [1.807, 2.05) is 25.1 Å². The van der Waals surface area contributed by atoms with Crippen LogP contribution >= 0.6 is 0 Å². The molecule has 3 N–H and O–H groups in total. The Bertz CT molecular complexity index is 754. The molecule has 9 nitrogen and oxygen atoms in total. The van der Waals surface area contributed by atoms with E-state index < -0.39 is 5.92 Å². The number of hydrazine groups is 1. The summed E-state index contributed by atoms with van der Waals surface area (Å²) in [6.07, 6.45) is 3.66. The number of hydrogen-bond donors (Lipinski definition) is 3. The first-order valence-corrected chi connectivity index (χ1v) is 8.61. The van der Waals surface area contributed by atoms with Crippen molar-refractivity contribution >= 4 is 29.3 Å². The van der Waals surface area contributed by atoms with E-state index in [0.29, 0.717) is 22.5 Å². The maximum Gasteiger partial charge on any atom is 0.262 e. The highest BCUT2D eigenvalue weighted by Gasteiger charge is 2.20. The van der Waals surface area contributed by atoms with Gasteiger partial charge in [-0.2, -0.15) is 0 Å². The monoisotopic (exact) mass is 360 g/mol. The molecular weight excluding hydrogens is 336 g/mol. The van der Waals surface area contributed by atoms with E-state index in [1.165, 1.54) is 0 Å². The third-order valence-corrected chi connectivity index (χ3v) is 3.96. The molecule has 1 atom stereocenters. The summed E-state index contributed by atoms with van der Waals surface area (Å²) in [5, 5.41) is 17.9. The van der Waals surface area contributed by atoms with Crippen molar-refractivity contribution in [3.05, 3.63) is 23.8 Å². The van der Waals surface area contributed by atoms with Crippen molar-refractivity contribution in [2.24, 2.45) is 5.92 Å². The number of anilines is 1. The highest BCUT2D eigenvalue weighted by molar-refractivity contribution is 5.80. The van der Waals surface area contributed by atoms with E-state index in [9.17, 15) is 14.8 Å². The molecule has 1 heterocycles. The molecule has 2 amide bonds. The van der Waals surface area contributed by atoms with Gasteiger partial charge in [0.25, 0.3) is 5.95 Å². The Morgan fingerprint density at radius 1 is 1.31 bits per heavy atom. The molecule has 0 unspecified atom stereocenters. The van der Waals surface area contributed by atoms with Crippen LogP contribution < -0.4 is 10.9 Å². The van der Waals surface area contributed by atoms with Crippen LogP contribution in [0.25, 0.3) is 11.0 Å². The summed E-state index contributed by atoms with van der Waals surface area (Å²) in [6, 6.07) is 5.61. The standard InChI is InChI=1S/C17H24N6O3/c1-3-4-5-6-13(10-23(26)11-24)16(25)20-22-17-18-14-8-7-12(2)9-15(14)19-21-17/h7-9,11,13,26H,3-6,10H2,1-2H3,(H,20,25)(H,18,21,22)/t13-/m1/s1. The highest BCUT2D eigenvalue weighted by atomic mass is 16.5. The van der Waals surface area contributed by atoms with E-state index in [1.54, 1.807) is 0 Å². The molecule has 26 heavy (non-hydrogen) atoms. The van der Waals surface area contributed by atoms with Gasteiger partial charge >= 0.3 is 0 Å². The number of hydroxylamine groups is 2. The Kier molecular flexibility index (Phi) is 7.22. The number of carbonyl (C=O) groups is 2. The second kappa shape index (κ2) is 9.62. The van der Waals surface area contributed by atoms with Crippen LogP contribution in [0.4, 0.5) is 5.95 Å². The lowest BCUT2D eigenvalue weighted by Gasteiger charge is -2.19. The summed E-state index contributed by atoms with van der Waals surface area (Å²) in [4.78, 5) is 27.3. The largest absolute Gasteiger partial charge is 0.286 e. The first kappa shape index (κ1) is 19.5. The number of nitrogens with one attached hydrogen (secondary N) is 2. The zero-order chi connectivity index (χ0) is 18.9. The normalized spacial score (nSPS) is 11.8. The quantitative estimate of drug-likeness (QED) is 0.256. The second-order valence-electron chi connectivity index (χ2n) is 6.16. The van der Waals surface area contributed by atoms with E-state index in [2.05, 4.69) is 33.0 Å². The summed E-state index contributed by atoms with van der Waals surface area (Å²) >= 11 is 0. The molecule has 0 bridgehead atoms. The smallest absolute Gasteiger partial charge is 0.262 e. The lowest BCUT2D eigenvalue weighted by Crippen LogP contribution is -2.40. The molecule has 2 rings (SSSR count). The van der Waals surface area contributed by atoms with E-state index >= 15 is 0 Å². The Morgan fingerprint density at radius 3 is 2.85 bits per heavy atom. The van der Waals surface area contributed by atoms with Crippen molar-refractivity contribution in [3.63, 3.8) is 0 Å². The fourth-order valence-corrected chi connectivity index (χ4v) is 2.53. The van der Waals surface area contributed by atoms with Crippen LogP contribution in [0.5, 0.6) is 0 Å². The van der Waals surface area contributed by atoms with Crippen molar-refractivity contribution in [3.8, 4) is 0 Å². The van der Waals surface area contributed by atoms with Gasteiger partial charge in [0.2, 0.25) is 12.3 Å². The molecule has 0 saturated carbocycles. The van der Waals surface area contributed by atoms with Crippen LogP contribution in [0.3, 0.4) is 0 Å². The van der Waals surface area contributed by atoms with Crippen molar-refractivity contribution in [1.82, 2.24) is 25.7 Å². The van der Waals surface area contributed by atoms with Crippen molar-refractivity contribution in [2.75, 3.05) is 12.0 Å². The van der Waals surface area contributed by atoms with E-state index in [0.717, 1.165) is 24.8 Å². The maximum absolute atomic E-state index is 12.4. The number of rotatable bonds is 10. The third kappa shape index (κ3) is 5.62. The molecule has 0 spiro atoms. The van der Waals surface area contributed by atoms with Crippen LogP contribution in [0.2, 0.25) is 0 Å². The first-order chi connectivity index (χ1) is 12.5. The van der Waals surface area contributed by atoms with Gasteiger partial charge in [-0.25, -0.2) is 10.0 Å². The average molecular weight is 360 g/mol. The predicted molar refractivity (Wildman–Crippen MR) is 96.0 cm³/mol. The second-order valence-corrected chi connectivity index (χ2v) is 6.16. The summed E-state index contributed by atoms with van der Waals surface area (Å²) in [5.41, 5.74) is 7.55. The summed E-state index contributed by atoms with van der Waals surface area (Å²) in [5.74, 6) is -0.729. The van der Waals surface area contributed by atoms with Crippen molar-refractivity contribution in [1.29, 1.82) is 0 Å². The Morgan fingerprint density at radius 2 is 2.12 bits per heavy atom. The minimum absolute atomic E-state index is 0.0726. The minimum atomic E-state index is -0.541. The van der Waals surface area contributed by atoms with Gasteiger partial charge in [0.15, 0.2) is 0 Å². The molecule has 0 aliphatic heterocycles. The Balaban J connectivity index is 1.98. The molecule has 0 aliphatic rings. The fourth-order valence-electron chi connectivity index (χ4n) is 2.53. The lowest BCUT2D eigenvalue weighted by molar-refractivity contribution is -0.154. The summed E-state index contributed by atoms with van der Waals surface area (Å²) < 4.78 is 0. The van der Waals surface area contributed by atoms with Gasteiger partial charge in [0.1, 0.15) is 5.52 Å². The fraction of sp³-hybridized carbons (Fsp3) is 0.471. The van der Waals surface area contributed by atoms with Crippen LogP contribution in [0.1, 0.15) is 38.2 Å². The number of unbranched alkanes of at least 4 members (excludes halogenated alkanes) is 2. The highest BCUT2D eigenvalue weighted by Crippen LogP contribution is 2.13. The van der Waals surface area contributed by atoms with E-state index in [-0.39, 0.29) is 24.8 Å². The number of amides is 2. The van der Waals surface area contributed by atoms with Crippen LogP contribution in [0, 0.1) is 12.8 Å². The zero-order valence-electron chi connectivity index (χ0n) is 15.0. The molecule has 2 aromatic rings. The van der Waals surface area contributed by atoms with Crippen molar-refractivity contribution in [2.45, 2.75) is 39.5 Å². The van der Waals surface area contributed by atoms with Crippen molar-refractivity contribution < 1.29 is 14.8 Å². The summed E-state index contributed by atoms with van der Waals surface area (Å²) in [7, 11) is 0. The SMILES string of the molecule is CCCCC[C@H](CN(O)C=O)C(=O)NNc1nnc2cc(C)ccc2n1. The van der Waals surface area contributed by atoms with Gasteiger partial charge in [-0.05, 0) is 31.0 Å². The van der Waals surface area contributed by atoms with Gasteiger partial charge in [-0.3, -0.25) is 25.6 Å². The van der Waals surface area contributed by atoms with Crippen LogP contribution in [-0.2, 0) is 9.59 Å². The van der Waals surface area contributed by atoms with E-state index in [4.69, 9.17) is 0 Å². The molecule has 9 heteroatoms. The molecule has 140 valence electrons. The number of carbonyl (C=O) groups excluding carboxylic acids is 2. The zero-order valence-corrected chi connectivity index (χ0v) is 15.0. The number of aryl methyl sites for hydroxylation is 1. The van der Waals surface area contributed by atoms with Gasteiger partial charge in [-0.1, -0.05) is 32.3 Å². The number of fused-ring (bicyclic) bond motifs is 1. The molecule has 0 radical (unpaired) electrons. The average Bonchev–Trinajstić information content (AvgIpc) is 2.65. The lowest BCUT2D eigenvalue weighted by atomic mass is 10.0. The third-order valence-electron chi connectivity index (χ3n) is 3.96. The molecule has 1 aromatic carbocycles. The Hall–Kier alpha value is -2.81. The molecule has 0 aliphatic carbocycles. The van der Waals surface area contributed by atoms with Gasteiger partial charge in [0.05, 0.1) is 18.0 Å². The molecule has 0 saturated heterocycles. The maximum atomic E-state index is 12.4.